The van der Waals surface area contributed by atoms with Crippen molar-refractivity contribution >= 4 is 16.9 Å². The minimum absolute atomic E-state index is 0.0374. The molecule has 2 aromatic heterocycles. The molecule has 0 saturated heterocycles. The summed E-state index contributed by atoms with van der Waals surface area (Å²) in [7, 11) is 0. The number of aromatic nitrogens is 4. The summed E-state index contributed by atoms with van der Waals surface area (Å²) in [6, 6.07) is 7.97. The zero-order valence-electron chi connectivity index (χ0n) is 15.6. The highest BCUT2D eigenvalue weighted by molar-refractivity contribution is 5.77. The largest absolute Gasteiger partial charge is 0.347 e. The van der Waals surface area contributed by atoms with E-state index < -0.39 is 0 Å². The number of benzene rings is 1. The van der Waals surface area contributed by atoms with Gasteiger partial charge in [-0.05, 0) is 31.9 Å². The van der Waals surface area contributed by atoms with Gasteiger partial charge in [0.1, 0.15) is 5.82 Å². The third-order valence-corrected chi connectivity index (χ3v) is 5.30. The summed E-state index contributed by atoms with van der Waals surface area (Å²) < 4.78 is 7.38. The van der Waals surface area contributed by atoms with Crippen LogP contribution in [-0.2, 0) is 17.9 Å². The number of amides is 1. The molecule has 27 heavy (non-hydrogen) atoms. The number of fused-ring (bicyclic) bond motifs is 1. The van der Waals surface area contributed by atoms with Gasteiger partial charge in [-0.3, -0.25) is 4.79 Å². The van der Waals surface area contributed by atoms with Crippen LogP contribution in [0.1, 0.15) is 62.0 Å². The molecule has 1 aromatic carbocycles. The molecule has 0 unspecified atom stereocenters. The van der Waals surface area contributed by atoms with Gasteiger partial charge in [0.25, 0.3) is 0 Å². The third-order valence-electron chi connectivity index (χ3n) is 5.30. The average Bonchev–Trinajstić information content (AvgIpc) is 3.29. The molecule has 0 aliphatic heterocycles. The van der Waals surface area contributed by atoms with Crippen molar-refractivity contribution in [2.75, 3.05) is 0 Å². The standard InChI is InChI=1S/C20H25N5O2/c1-14-22-16-9-5-6-10-17(16)25(14)12-11-18(26)21-13-19-23-20(24-27-19)15-7-3-2-4-8-15/h5-6,9-10,15H,2-4,7-8,11-13H2,1H3,(H,21,26). The van der Waals surface area contributed by atoms with Crippen molar-refractivity contribution in [2.45, 2.75) is 64.5 Å². The van der Waals surface area contributed by atoms with Crippen molar-refractivity contribution in [3.63, 3.8) is 0 Å². The summed E-state index contributed by atoms with van der Waals surface area (Å²) in [4.78, 5) is 21.2. The molecule has 1 amide bonds. The zero-order valence-corrected chi connectivity index (χ0v) is 15.6. The number of nitrogens with zero attached hydrogens (tertiary/aromatic N) is 4. The molecular formula is C20H25N5O2. The number of aryl methyl sites for hydroxylation is 2. The molecule has 0 atom stereocenters. The normalized spacial score (nSPS) is 15.3. The first-order valence-corrected chi connectivity index (χ1v) is 9.72. The lowest BCUT2D eigenvalue weighted by Gasteiger charge is -2.17. The molecule has 7 nitrogen and oxygen atoms in total. The average molecular weight is 367 g/mol. The van der Waals surface area contributed by atoms with Gasteiger partial charge in [0.05, 0.1) is 17.6 Å². The Morgan fingerprint density at radius 1 is 1.22 bits per heavy atom. The molecule has 1 fully saturated rings. The Hall–Kier alpha value is -2.70. The van der Waals surface area contributed by atoms with Crippen molar-refractivity contribution in [3.8, 4) is 0 Å². The van der Waals surface area contributed by atoms with Crippen molar-refractivity contribution < 1.29 is 9.32 Å². The van der Waals surface area contributed by atoms with Crippen molar-refractivity contribution in [1.82, 2.24) is 25.0 Å². The number of hydrogen-bond donors (Lipinski definition) is 1. The second kappa shape index (κ2) is 7.90. The van der Waals surface area contributed by atoms with Crippen molar-refractivity contribution in [2.24, 2.45) is 0 Å². The van der Waals surface area contributed by atoms with E-state index >= 15 is 0 Å². The fourth-order valence-electron chi connectivity index (χ4n) is 3.82. The van der Waals surface area contributed by atoms with E-state index in [1.807, 2.05) is 31.2 Å². The Morgan fingerprint density at radius 2 is 2.04 bits per heavy atom. The first-order chi connectivity index (χ1) is 13.2. The Balaban J connectivity index is 1.30. The smallest absolute Gasteiger partial charge is 0.246 e. The Morgan fingerprint density at radius 3 is 2.89 bits per heavy atom. The lowest BCUT2D eigenvalue weighted by atomic mass is 9.89. The molecule has 1 aliphatic rings. The minimum Gasteiger partial charge on any atom is -0.347 e. The van der Waals surface area contributed by atoms with E-state index in [4.69, 9.17) is 4.52 Å². The molecule has 3 aromatic rings. The van der Waals surface area contributed by atoms with Crippen LogP contribution >= 0.6 is 0 Å². The van der Waals surface area contributed by atoms with Crippen LogP contribution in [-0.4, -0.2) is 25.6 Å². The minimum atomic E-state index is -0.0374. The van der Waals surface area contributed by atoms with E-state index in [2.05, 4.69) is 25.0 Å². The van der Waals surface area contributed by atoms with Crippen LogP contribution in [0.4, 0.5) is 0 Å². The van der Waals surface area contributed by atoms with Gasteiger partial charge in [0.2, 0.25) is 11.8 Å². The van der Waals surface area contributed by atoms with E-state index in [-0.39, 0.29) is 12.5 Å². The molecule has 2 heterocycles. The summed E-state index contributed by atoms with van der Waals surface area (Å²) in [6.45, 7) is 2.83. The highest BCUT2D eigenvalue weighted by Gasteiger charge is 2.21. The number of carbonyl (C=O) groups excluding carboxylic acids is 1. The van der Waals surface area contributed by atoms with Crippen molar-refractivity contribution in [1.29, 1.82) is 0 Å². The number of imidazole rings is 1. The van der Waals surface area contributed by atoms with Gasteiger partial charge in [0.15, 0.2) is 5.82 Å². The summed E-state index contributed by atoms with van der Waals surface area (Å²) >= 11 is 0. The summed E-state index contributed by atoms with van der Waals surface area (Å²) in [6.07, 6.45) is 6.39. The molecule has 1 saturated carbocycles. The van der Waals surface area contributed by atoms with Crippen LogP contribution in [0.15, 0.2) is 28.8 Å². The van der Waals surface area contributed by atoms with Crippen LogP contribution < -0.4 is 5.32 Å². The van der Waals surface area contributed by atoms with Crippen LogP contribution in [0.25, 0.3) is 11.0 Å². The van der Waals surface area contributed by atoms with Gasteiger partial charge >= 0.3 is 0 Å². The van der Waals surface area contributed by atoms with E-state index in [9.17, 15) is 4.79 Å². The number of hydrogen-bond acceptors (Lipinski definition) is 5. The number of rotatable bonds is 6. The van der Waals surface area contributed by atoms with Gasteiger partial charge in [-0.2, -0.15) is 4.98 Å². The maximum Gasteiger partial charge on any atom is 0.246 e. The van der Waals surface area contributed by atoms with Gasteiger partial charge in [-0.25, -0.2) is 4.98 Å². The second-order valence-corrected chi connectivity index (χ2v) is 7.21. The predicted octanol–water partition coefficient (Wildman–Crippen LogP) is 3.48. The molecular weight excluding hydrogens is 342 g/mol. The maximum atomic E-state index is 12.2. The van der Waals surface area contributed by atoms with E-state index in [0.717, 1.165) is 35.5 Å². The van der Waals surface area contributed by atoms with E-state index in [1.165, 1.54) is 19.3 Å². The predicted molar refractivity (Wildman–Crippen MR) is 101 cm³/mol. The second-order valence-electron chi connectivity index (χ2n) is 7.21. The number of carbonyl (C=O) groups is 1. The zero-order chi connectivity index (χ0) is 18.6. The van der Waals surface area contributed by atoms with Crippen LogP contribution in [0.3, 0.4) is 0 Å². The first-order valence-electron chi connectivity index (χ1n) is 9.72. The summed E-state index contributed by atoms with van der Waals surface area (Å²) in [5, 5.41) is 6.98. The Bertz CT molecular complexity index is 923. The molecule has 1 aliphatic carbocycles. The molecule has 0 bridgehead atoms. The molecule has 7 heteroatoms. The highest BCUT2D eigenvalue weighted by atomic mass is 16.5. The van der Waals surface area contributed by atoms with E-state index in [1.54, 1.807) is 0 Å². The SMILES string of the molecule is Cc1nc2ccccc2n1CCC(=O)NCc1nc(C2CCCCC2)no1. The molecule has 0 spiro atoms. The highest BCUT2D eigenvalue weighted by Crippen LogP contribution is 2.30. The molecule has 142 valence electrons. The van der Waals surface area contributed by atoms with E-state index in [0.29, 0.717) is 24.8 Å². The van der Waals surface area contributed by atoms with Crippen molar-refractivity contribution in [3.05, 3.63) is 41.8 Å². The fourth-order valence-corrected chi connectivity index (χ4v) is 3.82. The van der Waals surface area contributed by atoms with Crippen LogP contribution in [0.5, 0.6) is 0 Å². The number of para-hydroxylation sites is 2. The first kappa shape index (κ1) is 17.7. The third kappa shape index (κ3) is 4.02. The quantitative estimate of drug-likeness (QED) is 0.721. The Kier molecular flexibility index (Phi) is 5.18. The lowest BCUT2D eigenvalue weighted by molar-refractivity contribution is -0.121. The van der Waals surface area contributed by atoms with Crippen LogP contribution in [0.2, 0.25) is 0 Å². The monoisotopic (exact) mass is 367 g/mol. The topological polar surface area (TPSA) is 85.8 Å². The van der Waals surface area contributed by atoms with Crippen LogP contribution in [0, 0.1) is 6.92 Å². The lowest BCUT2D eigenvalue weighted by Crippen LogP contribution is -2.24. The number of nitrogens with one attached hydrogen (secondary N) is 1. The molecule has 1 N–H and O–H groups in total. The Labute approximate surface area is 158 Å². The molecule has 0 radical (unpaired) electrons. The fraction of sp³-hybridized carbons (Fsp3) is 0.500. The molecule has 4 rings (SSSR count). The van der Waals surface area contributed by atoms with Gasteiger partial charge in [0, 0.05) is 18.9 Å². The maximum absolute atomic E-state index is 12.2. The van der Waals surface area contributed by atoms with Gasteiger partial charge in [-0.15, -0.1) is 0 Å². The summed E-state index contributed by atoms with van der Waals surface area (Å²) in [5.41, 5.74) is 2.01. The van der Waals surface area contributed by atoms with Gasteiger partial charge < -0.3 is 14.4 Å². The van der Waals surface area contributed by atoms with Gasteiger partial charge in [-0.1, -0.05) is 36.6 Å². The summed E-state index contributed by atoms with van der Waals surface area (Å²) in [5.74, 6) is 2.56.